The maximum absolute atomic E-state index is 5.33. The summed E-state index contributed by atoms with van der Waals surface area (Å²) >= 11 is 0. The first-order chi connectivity index (χ1) is 26.7. The maximum atomic E-state index is 5.33. The van der Waals surface area contributed by atoms with Crippen LogP contribution in [0.5, 0.6) is 0 Å². The van der Waals surface area contributed by atoms with Crippen molar-refractivity contribution in [1.82, 2.24) is 9.55 Å². The molecule has 3 heterocycles. The highest BCUT2D eigenvalue weighted by atomic mass is 15.3. The van der Waals surface area contributed by atoms with Crippen LogP contribution in [0.4, 0.5) is 5.69 Å². The van der Waals surface area contributed by atoms with Crippen LogP contribution in [0.3, 0.4) is 0 Å². The summed E-state index contributed by atoms with van der Waals surface area (Å²) in [6, 6.07) is 40.1. The van der Waals surface area contributed by atoms with Gasteiger partial charge in [0.1, 0.15) is 0 Å². The van der Waals surface area contributed by atoms with E-state index >= 15 is 0 Å². The first-order valence-corrected chi connectivity index (χ1v) is 19.2. The van der Waals surface area contributed by atoms with Crippen LogP contribution in [0.15, 0.2) is 199 Å². The molecule has 2 unspecified atom stereocenters. The zero-order valence-electron chi connectivity index (χ0n) is 30.1. The Hall–Kier alpha value is -6.45. The summed E-state index contributed by atoms with van der Waals surface area (Å²) in [4.78, 5) is 7.99. The van der Waals surface area contributed by atoms with E-state index in [9.17, 15) is 0 Å². The van der Waals surface area contributed by atoms with E-state index in [1.807, 2.05) is 0 Å². The highest BCUT2D eigenvalue weighted by Crippen LogP contribution is 2.74. The van der Waals surface area contributed by atoms with Crippen LogP contribution < -0.4 is 4.90 Å². The summed E-state index contributed by atoms with van der Waals surface area (Å²) in [5.74, 6) is 0. The molecular formula is C51H39N3. The van der Waals surface area contributed by atoms with Gasteiger partial charge in [0.25, 0.3) is 0 Å². The van der Waals surface area contributed by atoms with Crippen molar-refractivity contribution >= 4 is 33.1 Å². The van der Waals surface area contributed by atoms with Gasteiger partial charge in [0, 0.05) is 38.7 Å². The number of aromatic nitrogens is 2. The van der Waals surface area contributed by atoms with Crippen LogP contribution in [0.25, 0.3) is 55.5 Å². The maximum Gasteiger partial charge on any atom is 0.0775 e. The van der Waals surface area contributed by atoms with Crippen molar-refractivity contribution in [3.63, 3.8) is 0 Å². The molecule has 1 fully saturated rings. The van der Waals surface area contributed by atoms with Crippen molar-refractivity contribution in [3.05, 3.63) is 205 Å². The lowest BCUT2D eigenvalue weighted by Crippen LogP contribution is -2.34. The fourth-order valence-corrected chi connectivity index (χ4v) is 9.68. The Balaban J connectivity index is 1.20. The summed E-state index contributed by atoms with van der Waals surface area (Å²) < 4.78 is 2.47. The summed E-state index contributed by atoms with van der Waals surface area (Å²) in [5.41, 5.74) is 14.1. The van der Waals surface area contributed by atoms with Crippen molar-refractivity contribution in [2.45, 2.75) is 31.2 Å². The molecule has 0 spiro atoms. The van der Waals surface area contributed by atoms with Crippen molar-refractivity contribution in [2.75, 3.05) is 4.90 Å². The largest absolute Gasteiger partial charge is 0.331 e. The molecule has 3 heteroatoms. The number of hydrogen-bond donors (Lipinski definition) is 0. The summed E-state index contributed by atoms with van der Waals surface area (Å²) in [7, 11) is 0. The van der Waals surface area contributed by atoms with E-state index in [-0.39, 0.29) is 11.0 Å². The molecule has 1 saturated carbocycles. The zero-order valence-corrected chi connectivity index (χ0v) is 30.1. The molecule has 11 rings (SSSR count). The predicted molar refractivity (Wildman–Crippen MR) is 225 cm³/mol. The highest BCUT2D eigenvalue weighted by molar-refractivity contribution is 6.10. The van der Waals surface area contributed by atoms with Gasteiger partial charge in [-0.2, -0.15) is 0 Å². The van der Waals surface area contributed by atoms with Crippen molar-refractivity contribution in [1.29, 1.82) is 0 Å². The fraction of sp³-hybridized carbons (Fsp3) is 0.118. The van der Waals surface area contributed by atoms with E-state index in [1.54, 1.807) is 0 Å². The predicted octanol–water partition coefficient (Wildman–Crippen LogP) is 12.6. The Kier molecular flexibility index (Phi) is 6.94. The van der Waals surface area contributed by atoms with Crippen LogP contribution in [0.1, 0.15) is 31.4 Å². The normalized spacial score (nSPS) is 22.2. The monoisotopic (exact) mass is 693 g/mol. The smallest absolute Gasteiger partial charge is 0.0775 e. The lowest BCUT2D eigenvalue weighted by atomic mass is 9.90. The minimum absolute atomic E-state index is 0.0245. The van der Waals surface area contributed by atoms with Crippen LogP contribution >= 0.6 is 0 Å². The number of pyridine rings is 1. The SMILES string of the molecule is C1=CCC=C(c2cc(-c3cc(N4C5=C(CC=CC=C5)C56C=CCC=CC45C6)ccc3-n3c4ccccc4c4ccccc43)cc(-c3ccccc3)n2)C=C1. The first kappa shape index (κ1) is 31.1. The third-order valence-electron chi connectivity index (χ3n) is 12.1. The second-order valence-electron chi connectivity index (χ2n) is 15.0. The molecule has 258 valence electrons. The molecule has 4 aromatic carbocycles. The van der Waals surface area contributed by atoms with Gasteiger partial charge in [-0.1, -0.05) is 140 Å². The number of nitrogens with zero attached hydrogens (tertiary/aromatic N) is 3. The van der Waals surface area contributed by atoms with E-state index < -0.39 is 0 Å². The average Bonchev–Trinajstić information content (AvgIpc) is 3.90. The van der Waals surface area contributed by atoms with Crippen molar-refractivity contribution < 1.29 is 0 Å². The molecule has 0 saturated heterocycles. The number of hydrogen-bond acceptors (Lipinski definition) is 2. The Bertz CT molecular complexity index is 2730. The standard InChI is InChI=1S/C51H39N3/c1-2-7-19-36(18-6-1)44-32-38(33-45(52-44)37-20-8-3-9-21-37)42-34-39(28-29-48(42)53-46-25-14-12-22-40(46)41-23-13-15-26-47(41)53)54-49-27-11-4-10-24-43(49)50-30-16-5-17-31-51(50,54)35-50/h1-4,6,8-23,25-34H,5,7,24,35H2. The number of anilines is 1. The number of rotatable bonds is 5. The Morgan fingerprint density at radius 2 is 1.33 bits per heavy atom. The van der Waals surface area contributed by atoms with E-state index in [4.69, 9.17) is 4.98 Å². The molecule has 6 aromatic rings. The van der Waals surface area contributed by atoms with Crippen molar-refractivity contribution in [2.24, 2.45) is 5.41 Å². The molecule has 0 bridgehead atoms. The molecule has 2 atom stereocenters. The van der Waals surface area contributed by atoms with Crippen LogP contribution in [-0.4, -0.2) is 15.1 Å². The van der Waals surface area contributed by atoms with E-state index in [1.165, 1.54) is 44.3 Å². The summed E-state index contributed by atoms with van der Waals surface area (Å²) in [5, 5.41) is 2.51. The lowest BCUT2D eigenvalue weighted by Gasteiger charge is -2.32. The second kappa shape index (κ2) is 12.0. The molecule has 2 aromatic heterocycles. The van der Waals surface area contributed by atoms with Crippen LogP contribution in [0, 0.1) is 5.41 Å². The lowest BCUT2D eigenvalue weighted by molar-refractivity contribution is 0.677. The molecule has 0 radical (unpaired) electrons. The van der Waals surface area contributed by atoms with Gasteiger partial charge in [-0.25, -0.2) is 4.98 Å². The Morgan fingerprint density at radius 1 is 0.593 bits per heavy atom. The minimum Gasteiger partial charge on any atom is -0.331 e. The summed E-state index contributed by atoms with van der Waals surface area (Å²) in [6.45, 7) is 0. The number of allylic oxidation sites excluding steroid dienone is 12. The average molecular weight is 694 g/mol. The number of fused-ring (bicyclic) bond motifs is 3. The molecule has 54 heavy (non-hydrogen) atoms. The van der Waals surface area contributed by atoms with E-state index in [0.29, 0.717) is 0 Å². The quantitative estimate of drug-likeness (QED) is 0.168. The number of para-hydroxylation sites is 2. The Morgan fingerprint density at radius 3 is 2.19 bits per heavy atom. The molecule has 4 aliphatic carbocycles. The van der Waals surface area contributed by atoms with Gasteiger partial charge in [-0.15, -0.1) is 0 Å². The first-order valence-electron chi connectivity index (χ1n) is 19.2. The van der Waals surface area contributed by atoms with Gasteiger partial charge in [-0.3, -0.25) is 0 Å². The third kappa shape index (κ3) is 4.58. The molecule has 1 aliphatic heterocycles. The van der Waals surface area contributed by atoms with E-state index in [0.717, 1.165) is 59.5 Å². The summed E-state index contributed by atoms with van der Waals surface area (Å²) in [6.07, 6.45) is 33.7. The van der Waals surface area contributed by atoms with E-state index in [2.05, 4.69) is 198 Å². The minimum atomic E-state index is -0.104. The Labute approximate surface area is 316 Å². The van der Waals surface area contributed by atoms with Crippen LogP contribution in [-0.2, 0) is 0 Å². The van der Waals surface area contributed by atoms with Gasteiger partial charge in [0.15, 0.2) is 0 Å². The second-order valence-corrected chi connectivity index (χ2v) is 15.0. The van der Waals surface area contributed by atoms with Gasteiger partial charge >= 0.3 is 0 Å². The molecule has 3 nitrogen and oxygen atoms in total. The molecule has 5 aliphatic rings. The topological polar surface area (TPSA) is 21.1 Å². The molecule has 0 amide bonds. The van der Waals surface area contributed by atoms with Crippen molar-refractivity contribution in [3.8, 4) is 28.1 Å². The molecular weight excluding hydrogens is 655 g/mol. The third-order valence-corrected chi connectivity index (χ3v) is 12.1. The zero-order chi connectivity index (χ0) is 35.7. The number of benzene rings is 4. The van der Waals surface area contributed by atoms with Gasteiger partial charge in [-0.05, 0) is 90.9 Å². The van der Waals surface area contributed by atoms with Gasteiger partial charge in [0.2, 0.25) is 0 Å². The molecule has 0 N–H and O–H groups in total. The van der Waals surface area contributed by atoms with Gasteiger partial charge in [0.05, 0.1) is 33.6 Å². The van der Waals surface area contributed by atoms with Gasteiger partial charge < -0.3 is 9.47 Å². The fourth-order valence-electron chi connectivity index (χ4n) is 9.68. The van der Waals surface area contributed by atoms with Crippen LogP contribution in [0.2, 0.25) is 0 Å². The highest BCUT2D eigenvalue weighted by Gasteiger charge is 2.74.